The van der Waals surface area contributed by atoms with E-state index >= 15 is 0 Å². The van der Waals surface area contributed by atoms with Gasteiger partial charge in [-0.3, -0.25) is 9.80 Å². The Kier molecular flexibility index (Phi) is 4.16. The van der Waals surface area contributed by atoms with Gasteiger partial charge in [-0.2, -0.15) is 0 Å². The molecular formula is C22H22ClN3. The molecule has 0 spiro atoms. The van der Waals surface area contributed by atoms with Gasteiger partial charge in [0.25, 0.3) is 0 Å². The van der Waals surface area contributed by atoms with Gasteiger partial charge in [-0.1, -0.05) is 54.1 Å². The molecule has 3 aromatic rings. The van der Waals surface area contributed by atoms with Crippen LogP contribution < -0.4 is 0 Å². The molecular weight excluding hydrogens is 342 g/mol. The maximum absolute atomic E-state index is 5.89. The van der Waals surface area contributed by atoms with Gasteiger partial charge in [0.2, 0.25) is 0 Å². The van der Waals surface area contributed by atoms with Crippen LogP contribution in [-0.4, -0.2) is 40.0 Å². The van der Waals surface area contributed by atoms with E-state index < -0.39 is 0 Å². The molecule has 5 rings (SSSR count). The number of likely N-dealkylation sites (tertiary alicyclic amines) is 2. The number of piperazine rings is 1. The molecule has 2 fully saturated rings. The van der Waals surface area contributed by atoms with Gasteiger partial charge in [-0.15, -0.1) is 0 Å². The molecule has 26 heavy (non-hydrogen) atoms. The van der Waals surface area contributed by atoms with Crippen LogP contribution in [0, 0.1) is 0 Å². The SMILES string of the molecule is Clc1ccc(CN2CC3CC2CN3Cc2ccc3ccccc3c2)cn1. The molecule has 1 aromatic heterocycles. The molecule has 0 aliphatic carbocycles. The average molecular weight is 364 g/mol. The summed E-state index contributed by atoms with van der Waals surface area (Å²) in [5.41, 5.74) is 2.67. The van der Waals surface area contributed by atoms with Gasteiger partial charge in [-0.05, 0) is 40.5 Å². The second-order valence-electron chi connectivity index (χ2n) is 7.57. The summed E-state index contributed by atoms with van der Waals surface area (Å²) in [5, 5.41) is 3.23. The van der Waals surface area contributed by atoms with Crippen molar-refractivity contribution in [2.24, 2.45) is 0 Å². The first kappa shape index (κ1) is 16.2. The molecule has 2 saturated heterocycles. The number of hydrogen-bond acceptors (Lipinski definition) is 3. The standard InChI is InChI=1S/C22H22ClN3/c23-22-8-6-17(11-24-22)13-26-15-20-10-21(26)14-25(20)12-16-5-7-18-3-1-2-4-19(18)9-16/h1-9,11,20-21H,10,12-15H2. The highest BCUT2D eigenvalue weighted by molar-refractivity contribution is 6.29. The lowest BCUT2D eigenvalue weighted by atomic mass is 10.1. The lowest BCUT2D eigenvalue weighted by Gasteiger charge is -2.34. The van der Waals surface area contributed by atoms with E-state index in [2.05, 4.69) is 63.3 Å². The fourth-order valence-corrected chi connectivity index (χ4v) is 4.64. The lowest BCUT2D eigenvalue weighted by Crippen LogP contribution is -2.45. The Balaban J connectivity index is 1.24. The van der Waals surface area contributed by atoms with Gasteiger partial charge in [-0.25, -0.2) is 4.98 Å². The van der Waals surface area contributed by atoms with E-state index in [-0.39, 0.29) is 0 Å². The number of fused-ring (bicyclic) bond motifs is 3. The zero-order valence-corrected chi connectivity index (χ0v) is 15.4. The van der Waals surface area contributed by atoms with Crippen LogP contribution in [0.2, 0.25) is 5.15 Å². The van der Waals surface area contributed by atoms with Crippen molar-refractivity contribution in [3.8, 4) is 0 Å². The number of benzene rings is 2. The van der Waals surface area contributed by atoms with Crippen LogP contribution >= 0.6 is 11.6 Å². The first-order chi connectivity index (χ1) is 12.7. The zero-order valence-electron chi connectivity index (χ0n) is 14.7. The predicted molar refractivity (Wildman–Crippen MR) is 106 cm³/mol. The van der Waals surface area contributed by atoms with E-state index in [4.69, 9.17) is 11.6 Å². The number of hydrogen-bond donors (Lipinski definition) is 0. The molecule has 2 atom stereocenters. The first-order valence-electron chi connectivity index (χ1n) is 9.31. The molecule has 2 aromatic carbocycles. The summed E-state index contributed by atoms with van der Waals surface area (Å²) >= 11 is 5.89. The Morgan fingerprint density at radius 3 is 2.23 bits per heavy atom. The zero-order chi connectivity index (χ0) is 17.5. The minimum atomic E-state index is 0.568. The van der Waals surface area contributed by atoms with Gasteiger partial charge in [0, 0.05) is 44.5 Å². The summed E-state index contributed by atoms with van der Waals surface area (Å²) in [6.07, 6.45) is 3.19. The van der Waals surface area contributed by atoms with E-state index in [1.807, 2.05) is 12.3 Å². The number of rotatable bonds is 4. The molecule has 2 unspecified atom stereocenters. The average Bonchev–Trinajstić information content (AvgIpc) is 3.23. The quantitative estimate of drug-likeness (QED) is 0.642. The summed E-state index contributed by atoms with van der Waals surface area (Å²) in [5.74, 6) is 0. The van der Waals surface area contributed by atoms with Gasteiger partial charge in [0.15, 0.2) is 0 Å². The van der Waals surface area contributed by atoms with Crippen LogP contribution in [0.5, 0.6) is 0 Å². The highest BCUT2D eigenvalue weighted by Crippen LogP contribution is 2.33. The smallest absolute Gasteiger partial charge is 0.129 e. The third kappa shape index (κ3) is 3.11. The minimum Gasteiger partial charge on any atom is -0.293 e. The van der Waals surface area contributed by atoms with Crippen LogP contribution in [0.4, 0.5) is 0 Å². The van der Waals surface area contributed by atoms with Crippen molar-refractivity contribution in [1.29, 1.82) is 0 Å². The molecule has 3 heterocycles. The number of pyridine rings is 1. The fraction of sp³-hybridized carbons (Fsp3) is 0.318. The van der Waals surface area contributed by atoms with E-state index in [0.717, 1.165) is 19.6 Å². The predicted octanol–water partition coefficient (Wildman–Crippen LogP) is 4.35. The van der Waals surface area contributed by atoms with Crippen molar-refractivity contribution in [2.75, 3.05) is 13.1 Å². The molecule has 3 nitrogen and oxygen atoms in total. The first-order valence-corrected chi connectivity index (χ1v) is 9.68. The topological polar surface area (TPSA) is 19.4 Å². The molecule has 0 saturated carbocycles. The summed E-state index contributed by atoms with van der Waals surface area (Å²) in [6.45, 7) is 4.36. The minimum absolute atomic E-state index is 0.568. The maximum atomic E-state index is 5.89. The largest absolute Gasteiger partial charge is 0.293 e. The second kappa shape index (κ2) is 6.66. The van der Waals surface area contributed by atoms with Crippen LogP contribution in [0.25, 0.3) is 10.8 Å². The monoisotopic (exact) mass is 363 g/mol. The number of nitrogens with zero attached hydrogens (tertiary/aromatic N) is 3. The Hall–Kier alpha value is -1.94. The van der Waals surface area contributed by atoms with Crippen LogP contribution in [0.3, 0.4) is 0 Å². The maximum Gasteiger partial charge on any atom is 0.129 e. The summed E-state index contributed by atoms with van der Waals surface area (Å²) in [4.78, 5) is 9.47. The van der Waals surface area contributed by atoms with E-state index in [0.29, 0.717) is 17.2 Å². The van der Waals surface area contributed by atoms with Crippen molar-refractivity contribution < 1.29 is 0 Å². The van der Waals surface area contributed by atoms with Crippen molar-refractivity contribution in [2.45, 2.75) is 31.6 Å². The van der Waals surface area contributed by atoms with Gasteiger partial charge >= 0.3 is 0 Å². The third-order valence-corrected chi connectivity index (χ3v) is 6.06. The Labute approximate surface area is 159 Å². The highest BCUT2D eigenvalue weighted by Gasteiger charge is 2.42. The molecule has 0 radical (unpaired) electrons. The van der Waals surface area contributed by atoms with Gasteiger partial charge in [0.05, 0.1) is 0 Å². The molecule has 0 N–H and O–H groups in total. The molecule has 2 bridgehead atoms. The summed E-state index contributed by atoms with van der Waals surface area (Å²) in [7, 11) is 0. The Morgan fingerprint density at radius 1 is 0.846 bits per heavy atom. The van der Waals surface area contributed by atoms with Crippen molar-refractivity contribution in [1.82, 2.24) is 14.8 Å². The lowest BCUT2D eigenvalue weighted by molar-refractivity contribution is 0.118. The van der Waals surface area contributed by atoms with Crippen LogP contribution in [0.1, 0.15) is 17.5 Å². The second-order valence-corrected chi connectivity index (χ2v) is 7.96. The molecule has 2 aliphatic rings. The fourth-order valence-electron chi connectivity index (χ4n) is 4.53. The Morgan fingerprint density at radius 2 is 1.54 bits per heavy atom. The Bertz CT molecular complexity index is 924. The van der Waals surface area contributed by atoms with Crippen molar-refractivity contribution >= 4 is 22.4 Å². The number of halogens is 1. The van der Waals surface area contributed by atoms with Crippen molar-refractivity contribution in [3.05, 3.63) is 77.1 Å². The van der Waals surface area contributed by atoms with Crippen molar-refractivity contribution in [3.63, 3.8) is 0 Å². The van der Waals surface area contributed by atoms with Gasteiger partial charge < -0.3 is 0 Å². The summed E-state index contributed by atoms with van der Waals surface area (Å²) in [6, 6.07) is 20.8. The molecule has 132 valence electrons. The molecule has 2 aliphatic heterocycles. The van der Waals surface area contributed by atoms with E-state index in [9.17, 15) is 0 Å². The van der Waals surface area contributed by atoms with Crippen LogP contribution in [-0.2, 0) is 13.1 Å². The number of aromatic nitrogens is 1. The van der Waals surface area contributed by atoms with E-state index in [1.54, 1.807) is 0 Å². The van der Waals surface area contributed by atoms with E-state index in [1.165, 1.54) is 34.9 Å². The summed E-state index contributed by atoms with van der Waals surface area (Å²) < 4.78 is 0. The highest BCUT2D eigenvalue weighted by atomic mass is 35.5. The normalized spacial score (nSPS) is 23.1. The molecule has 4 heteroatoms. The van der Waals surface area contributed by atoms with Crippen LogP contribution in [0.15, 0.2) is 60.8 Å². The van der Waals surface area contributed by atoms with Gasteiger partial charge in [0.1, 0.15) is 5.15 Å². The third-order valence-electron chi connectivity index (χ3n) is 5.84. The molecule has 0 amide bonds.